The van der Waals surface area contributed by atoms with Gasteiger partial charge in [0.1, 0.15) is 0 Å². The molecule has 1 atom stereocenters. The van der Waals surface area contributed by atoms with E-state index < -0.39 is 5.41 Å². The van der Waals surface area contributed by atoms with Gasteiger partial charge in [-0.3, -0.25) is 14.7 Å². The average Bonchev–Trinajstić information content (AvgIpc) is 2.77. The fourth-order valence-corrected chi connectivity index (χ4v) is 4.83. The van der Waals surface area contributed by atoms with E-state index in [1.165, 1.54) is 37.9 Å². The second-order valence-electron chi connectivity index (χ2n) is 9.25. The van der Waals surface area contributed by atoms with Crippen molar-refractivity contribution >= 4 is 11.9 Å². The number of nitrogens with zero attached hydrogens (tertiary/aromatic N) is 3. The SMILES string of the molecule is CC1(C)CN(CCN2CCCCC2)C(c2ccccc2)/C(=C\c2ccccn2)C1=O. The molecule has 30 heavy (non-hydrogen) atoms. The second-order valence-corrected chi connectivity index (χ2v) is 9.25. The minimum Gasteiger partial charge on any atom is -0.302 e. The molecule has 0 aliphatic carbocycles. The molecular formula is C26H33N3O. The van der Waals surface area contributed by atoms with Crippen LogP contribution in [0.5, 0.6) is 0 Å². The number of piperidine rings is 2. The number of Topliss-reactive ketones (excluding diaryl/α,β-unsaturated/α-hetero) is 1. The lowest BCUT2D eigenvalue weighted by molar-refractivity contribution is -0.128. The van der Waals surface area contributed by atoms with Gasteiger partial charge in [-0.15, -0.1) is 0 Å². The van der Waals surface area contributed by atoms with Crippen molar-refractivity contribution in [1.29, 1.82) is 0 Å². The molecule has 1 aromatic heterocycles. The van der Waals surface area contributed by atoms with Gasteiger partial charge < -0.3 is 4.90 Å². The van der Waals surface area contributed by atoms with Crippen LogP contribution in [0.3, 0.4) is 0 Å². The number of aromatic nitrogens is 1. The second kappa shape index (κ2) is 9.23. The molecule has 0 amide bonds. The Bertz CT molecular complexity index is 870. The highest BCUT2D eigenvalue weighted by Crippen LogP contribution is 2.41. The maximum Gasteiger partial charge on any atom is 0.167 e. The number of ketones is 1. The minimum atomic E-state index is -0.409. The van der Waals surface area contributed by atoms with Crippen LogP contribution in [0.2, 0.25) is 0 Å². The Labute approximate surface area is 180 Å². The van der Waals surface area contributed by atoms with Gasteiger partial charge in [-0.25, -0.2) is 0 Å². The quantitative estimate of drug-likeness (QED) is 0.684. The maximum atomic E-state index is 13.6. The molecule has 4 heteroatoms. The van der Waals surface area contributed by atoms with Gasteiger partial charge in [0.15, 0.2) is 5.78 Å². The van der Waals surface area contributed by atoms with Crippen LogP contribution in [0.1, 0.15) is 50.4 Å². The van der Waals surface area contributed by atoms with E-state index >= 15 is 0 Å². The fourth-order valence-electron chi connectivity index (χ4n) is 4.83. The topological polar surface area (TPSA) is 36.4 Å². The summed E-state index contributed by atoms with van der Waals surface area (Å²) in [7, 11) is 0. The van der Waals surface area contributed by atoms with Crippen molar-refractivity contribution in [2.75, 3.05) is 32.7 Å². The van der Waals surface area contributed by atoms with Crippen LogP contribution in [0.25, 0.3) is 6.08 Å². The first kappa shape index (κ1) is 21.0. The number of pyridine rings is 1. The average molecular weight is 404 g/mol. The molecule has 3 heterocycles. The highest BCUT2D eigenvalue weighted by molar-refractivity contribution is 6.05. The number of carbonyl (C=O) groups excluding carboxylic acids is 1. The molecule has 0 radical (unpaired) electrons. The van der Waals surface area contributed by atoms with Gasteiger partial charge in [0.05, 0.1) is 11.7 Å². The van der Waals surface area contributed by atoms with Crippen molar-refractivity contribution in [1.82, 2.24) is 14.8 Å². The molecule has 2 saturated heterocycles. The Hall–Kier alpha value is -2.30. The van der Waals surface area contributed by atoms with E-state index in [0.717, 1.165) is 30.9 Å². The predicted molar refractivity (Wildman–Crippen MR) is 122 cm³/mol. The van der Waals surface area contributed by atoms with Crippen molar-refractivity contribution in [2.24, 2.45) is 5.41 Å². The van der Waals surface area contributed by atoms with Gasteiger partial charge in [0.25, 0.3) is 0 Å². The van der Waals surface area contributed by atoms with Crippen molar-refractivity contribution < 1.29 is 4.79 Å². The van der Waals surface area contributed by atoms with Gasteiger partial charge in [-0.2, -0.15) is 0 Å². The number of carbonyl (C=O) groups is 1. The molecule has 0 saturated carbocycles. The number of hydrogen-bond acceptors (Lipinski definition) is 4. The van der Waals surface area contributed by atoms with Gasteiger partial charge >= 0.3 is 0 Å². The smallest absolute Gasteiger partial charge is 0.167 e. The molecule has 0 spiro atoms. The van der Waals surface area contributed by atoms with Crippen LogP contribution in [0, 0.1) is 5.41 Å². The van der Waals surface area contributed by atoms with Gasteiger partial charge in [0.2, 0.25) is 0 Å². The number of likely N-dealkylation sites (tertiary alicyclic amines) is 2. The molecule has 2 aliphatic rings. The Balaban J connectivity index is 1.69. The van der Waals surface area contributed by atoms with Gasteiger partial charge in [0, 0.05) is 36.8 Å². The summed E-state index contributed by atoms with van der Waals surface area (Å²) >= 11 is 0. The summed E-state index contributed by atoms with van der Waals surface area (Å²) in [6, 6.07) is 16.3. The van der Waals surface area contributed by atoms with Crippen molar-refractivity contribution in [3.05, 3.63) is 71.6 Å². The van der Waals surface area contributed by atoms with Crippen LogP contribution >= 0.6 is 0 Å². The molecule has 2 aromatic rings. The third-order valence-corrected chi connectivity index (χ3v) is 6.39. The van der Waals surface area contributed by atoms with Crippen LogP contribution < -0.4 is 0 Å². The third-order valence-electron chi connectivity index (χ3n) is 6.39. The van der Waals surface area contributed by atoms with Gasteiger partial charge in [-0.05, 0) is 49.7 Å². The summed E-state index contributed by atoms with van der Waals surface area (Å²) in [5, 5.41) is 0. The fraction of sp³-hybridized carbons (Fsp3) is 0.462. The normalized spacial score (nSPS) is 24.3. The summed E-state index contributed by atoms with van der Waals surface area (Å²) < 4.78 is 0. The summed E-state index contributed by atoms with van der Waals surface area (Å²) in [6.45, 7) is 9.36. The molecule has 4 rings (SSSR count). The Morgan fingerprint density at radius 3 is 2.43 bits per heavy atom. The number of rotatable bonds is 5. The van der Waals surface area contributed by atoms with E-state index in [1.807, 2.05) is 30.3 Å². The first-order valence-corrected chi connectivity index (χ1v) is 11.2. The van der Waals surface area contributed by atoms with E-state index in [0.29, 0.717) is 0 Å². The molecule has 1 unspecified atom stereocenters. The highest BCUT2D eigenvalue weighted by Gasteiger charge is 2.43. The zero-order valence-corrected chi connectivity index (χ0v) is 18.3. The maximum absolute atomic E-state index is 13.6. The highest BCUT2D eigenvalue weighted by atomic mass is 16.1. The third kappa shape index (κ3) is 4.71. The van der Waals surface area contributed by atoms with E-state index in [2.05, 4.69) is 52.9 Å². The monoisotopic (exact) mass is 403 g/mol. The summed E-state index contributed by atoms with van der Waals surface area (Å²) in [5.41, 5.74) is 2.47. The van der Waals surface area contributed by atoms with E-state index in [1.54, 1.807) is 6.20 Å². The first-order valence-electron chi connectivity index (χ1n) is 11.2. The van der Waals surface area contributed by atoms with Gasteiger partial charge in [-0.1, -0.05) is 56.7 Å². The van der Waals surface area contributed by atoms with Crippen molar-refractivity contribution in [2.45, 2.75) is 39.2 Å². The van der Waals surface area contributed by atoms with Crippen LogP contribution in [0.15, 0.2) is 60.3 Å². The summed E-state index contributed by atoms with van der Waals surface area (Å²) in [5.74, 6) is 0.233. The summed E-state index contributed by atoms with van der Waals surface area (Å²) in [6.07, 6.45) is 7.75. The molecule has 2 aliphatic heterocycles. The van der Waals surface area contributed by atoms with Crippen LogP contribution in [0.4, 0.5) is 0 Å². The number of benzene rings is 1. The van der Waals surface area contributed by atoms with Crippen molar-refractivity contribution in [3.8, 4) is 0 Å². The summed E-state index contributed by atoms with van der Waals surface area (Å²) in [4.78, 5) is 23.1. The van der Waals surface area contributed by atoms with Crippen molar-refractivity contribution in [3.63, 3.8) is 0 Å². The lowest BCUT2D eigenvalue weighted by Crippen LogP contribution is -2.51. The standard InChI is InChI=1S/C26H33N3O/c1-26(2)20-29(18-17-28-15-9-4-10-16-28)24(21-11-5-3-6-12-21)23(25(26)30)19-22-13-7-8-14-27-22/h3,5-8,11-14,19,24H,4,9-10,15-18,20H2,1-2H3/b23-19+. The minimum absolute atomic E-state index is 0.0291. The van der Waals surface area contributed by atoms with E-state index in [-0.39, 0.29) is 11.8 Å². The molecule has 4 nitrogen and oxygen atoms in total. The Morgan fingerprint density at radius 2 is 1.73 bits per heavy atom. The number of hydrogen-bond donors (Lipinski definition) is 0. The predicted octanol–water partition coefficient (Wildman–Crippen LogP) is 4.60. The lowest BCUT2D eigenvalue weighted by Gasteiger charge is -2.45. The Morgan fingerprint density at radius 1 is 1.00 bits per heavy atom. The van der Waals surface area contributed by atoms with Crippen LogP contribution in [-0.2, 0) is 4.79 Å². The molecule has 2 fully saturated rings. The van der Waals surface area contributed by atoms with E-state index in [9.17, 15) is 4.79 Å². The molecule has 0 N–H and O–H groups in total. The molecular weight excluding hydrogens is 370 g/mol. The molecule has 0 bridgehead atoms. The molecule has 158 valence electrons. The zero-order valence-electron chi connectivity index (χ0n) is 18.3. The molecule has 1 aromatic carbocycles. The first-order chi connectivity index (χ1) is 14.5. The van der Waals surface area contributed by atoms with E-state index in [4.69, 9.17) is 0 Å². The zero-order chi connectivity index (χ0) is 21.0. The largest absolute Gasteiger partial charge is 0.302 e. The lowest BCUT2D eigenvalue weighted by atomic mass is 9.74. The Kier molecular flexibility index (Phi) is 6.45. The van der Waals surface area contributed by atoms with Crippen LogP contribution in [-0.4, -0.2) is 53.3 Å².